The Hall–Kier alpha value is -2.32. The fourth-order valence-corrected chi connectivity index (χ4v) is 1.76. The molecule has 0 aliphatic rings. The van der Waals surface area contributed by atoms with Gasteiger partial charge in [-0.15, -0.1) is 5.10 Å². The maximum atomic E-state index is 13.8. The molecule has 1 aromatic carbocycles. The maximum absolute atomic E-state index is 13.8. The first kappa shape index (κ1) is 14.1. The Morgan fingerprint density at radius 2 is 2.10 bits per heavy atom. The van der Waals surface area contributed by atoms with Gasteiger partial charge >= 0.3 is 5.97 Å². The summed E-state index contributed by atoms with van der Waals surface area (Å²) in [6, 6.07) is 5.59. The number of hydrogen-bond donors (Lipinski definition) is 3. The minimum absolute atomic E-state index is 0.0139. The Balaban J connectivity index is 2.56. The van der Waals surface area contributed by atoms with Crippen molar-refractivity contribution in [2.75, 3.05) is 6.61 Å². The van der Waals surface area contributed by atoms with Crippen LogP contribution in [0.3, 0.4) is 0 Å². The van der Waals surface area contributed by atoms with Gasteiger partial charge in [0.1, 0.15) is 11.5 Å². The van der Waals surface area contributed by atoms with Crippen LogP contribution in [0.25, 0.3) is 11.3 Å². The number of hydrogen-bond acceptors (Lipinski definition) is 5. The molecule has 2 aromatic rings. The first-order chi connectivity index (χ1) is 9.54. The zero-order valence-corrected chi connectivity index (χ0v) is 10.3. The molecule has 106 valence electrons. The SMILES string of the molecule is O=C(O)c1nnn(CC(O)CO)c1-c1ccccc1F. The number of benzene rings is 1. The fraction of sp³-hybridized carbons (Fsp3) is 0.250. The molecule has 0 aliphatic carbocycles. The molecule has 1 heterocycles. The van der Waals surface area contributed by atoms with Gasteiger partial charge in [0.2, 0.25) is 0 Å². The van der Waals surface area contributed by atoms with Crippen LogP contribution in [0.5, 0.6) is 0 Å². The number of carboxylic acid groups (broad SMARTS) is 1. The topological polar surface area (TPSA) is 108 Å². The van der Waals surface area contributed by atoms with Gasteiger partial charge in [-0.3, -0.25) is 0 Å². The molecule has 1 atom stereocenters. The Labute approximate surface area is 112 Å². The van der Waals surface area contributed by atoms with E-state index in [9.17, 15) is 14.3 Å². The normalized spacial score (nSPS) is 12.3. The third kappa shape index (κ3) is 2.65. The maximum Gasteiger partial charge on any atom is 0.358 e. The summed E-state index contributed by atoms with van der Waals surface area (Å²) in [7, 11) is 0. The molecule has 0 spiro atoms. The largest absolute Gasteiger partial charge is 0.476 e. The molecule has 8 heteroatoms. The van der Waals surface area contributed by atoms with Gasteiger partial charge in [0.15, 0.2) is 5.69 Å². The van der Waals surface area contributed by atoms with E-state index < -0.39 is 30.2 Å². The van der Waals surface area contributed by atoms with Crippen LogP contribution in [0.15, 0.2) is 24.3 Å². The van der Waals surface area contributed by atoms with Crippen LogP contribution in [0.2, 0.25) is 0 Å². The summed E-state index contributed by atoms with van der Waals surface area (Å²) in [5.41, 5.74) is -0.455. The highest BCUT2D eigenvalue weighted by Gasteiger charge is 2.23. The molecule has 7 nitrogen and oxygen atoms in total. The van der Waals surface area contributed by atoms with E-state index in [1.54, 1.807) is 6.07 Å². The van der Waals surface area contributed by atoms with E-state index in [1.807, 2.05) is 0 Å². The van der Waals surface area contributed by atoms with Crippen LogP contribution in [-0.4, -0.2) is 49.0 Å². The number of aromatic nitrogens is 3. The molecule has 20 heavy (non-hydrogen) atoms. The number of carbonyl (C=O) groups is 1. The molecule has 3 N–H and O–H groups in total. The zero-order chi connectivity index (χ0) is 14.7. The van der Waals surface area contributed by atoms with Gasteiger partial charge in [-0.1, -0.05) is 17.3 Å². The zero-order valence-electron chi connectivity index (χ0n) is 10.3. The number of aromatic carboxylic acids is 1. The van der Waals surface area contributed by atoms with Gasteiger partial charge in [0.25, 0.3) is 0 Å². The number of nitrogens with zero attached hydrogens (tertiary/aromatic N) is 3. The average molecular weight is 281 g/mol. The second kappa shape index (κ2) is 5.76. The van der Waals surface area contributed by atoms with Crippen molar-refractivity contribution in [2.45, 2.75) is 12.6 Å². The fourth-order valence-electron chi connectivity index (χ4n) is 1.76. The summed E-state index contributed by atoms with van der Waals surface area (Å²) in [6.07, 6.45) is -1.15. The van der Waals surface area contributed by atoms with Gasteiger partial charge in [0.05, 0.1) is 19.3 Å². The molecule has 0 saturated heterocycles. The molecule has 0 bridgehead atoms. The molecule has 0 aliphatic heterocycles. The molecule has 2 rings (SSSR count). The predicted octanol–water partition coefficient (Wildman–Crippen LogP) is 0.136. The van der Waals surface area contributed by atoms with Crippen molar-refractivity contribution in [1.82, 2.24) is 15.0 Å². The number of aliphatic hydroxyl groups is 2. The van der Waals surface area contributed by atoms with E-state index in [4.69, 9.17) is 10.2 Å². The second-order valence-corrected chi connectivity index (χ2v) is 4.09. The highest BCUT2D eigenvalue weighted by atomic mass is 19.1. The highest BCUT2D eigenvalue weighted by Crippen LogP contribution is 2.25. The van der Waals surface area contributed by atoms with Crippen LogP contribution in [-0.2, 0) is 6.54 Å². The van der Waals surface area contributed by atoms with Crippen molar-refractivity contribution in [1.29, 1.82) is 0 Å². The van der Waals surface area contributed by atoms with Crippen molar-refractivity contribution in [3.8, 4) is 11.3 Å². The summed E-state index contributed by atoms with van der Waals surface area (Å²) in [4.78, 5) is 11.1. The molecule has 1 unspecified atom stereocenters. The number of halogens is 1. The number of carboxylic acids is 1. The molecule has 0 amide bonds. The van der Waals surface area contributed by atoms with E-state index in [0.717, 1.165) is 4.68 Å². The average Bonchev–Trinajstić information content (AvgIpc) is 2.83. The molecule has 1 aromatic heterocycles. The second-order valence-electron chi connectivity index (χ2n) is 4.09. The lowest BCUT2D eigenvalue weighted by Gasteiger charge is -2.11. The predicted molar refractivity (Wildman–Crippen MR) is 65.5 cm³/mol. The van der Waals surface area contributed by atoms with Gasteiger partial charge in [0, 0.05) is 5.56 Å². The lowest BCUT2D eigenvalue weighted by Crippen LogP contribution is -2.21. The third-order valence-corrected chi connectivity index (χ3v) is 2.66. The van der Waals surface area contributed by atoms with E-state index in [1.165, 1.54) is 18.2 Å². The molecule has 0 saturated carbocycles. The number of aliphatic hydroxyl groups excluding tert-OH is 2. The third-order valence-electron chi connectivity index (χ3n) is 2.66. The Bertz CT molecular complexity index is 629. The quantitative estimate of drug-likeness (QED) is 0.719. The monoisotopic (exact) mass is 281 g/mol. The molecular weight excluding hydrogens is 269 g/mol. The Kier molecular flexibility index (Phi) is 4.06. The van der Waals surface area contributed by atoms with Crippen molar-refractivity contribution in [3.63, 3.8) is 0 Å². The summed E-state index contributed by atoms with van der Waals surface area (Å²) < 4.78 is 14.9. The minimum atomic E-state index is -1.35. The van der Waals surface area contributed by atoms with Crippen molar-refractivity contribution in [3.05, 3.63) is 35.8 Å². The van der Waals surface area contributed by atoms with Crippen LogP contribution in [0.1, 0.15) is 10.5 Å². The van der Waals surface area contributed by atoms with Crippen LogP contribution in [0.4, 0.5) is 4.39 Å². The smallest absolute Gasteiger partial charge is 0.358 e. The Morgan fingerprint density at radius 3 is 2.70 bits per heavy atom. The van der Waals surface area contributed by atoms with Crippen LogP contribution < -0.4 is 0 Å². The van der Waals surface area contributed by atoms with Crippen LogP contribution in [0, 0.1) is 5.82 Å². The van der Waals surface area contributed by atoms with Crippen LogP contribution >= 0.6 is 0 Å². The van der Waals surface area contributed by atoms with Gasteiger partial charge in [-0.2, -0.15) is 0 Å². The lowest BCUT2D eigenvalue weighted by atomic mass is 10.1. The first-order valence-corrected chi connectivity index (χ1v) is 5.75. The molecule has 0 fully saturated rings. The van der Waals surface area contributed by atoms with E-state index in [0.29, 0.717) is 0 Å². The summed E-state index contributed by atoms with van der Waals surface area (Å²) in [5, 5.41) is 34.4. The van der Waals surface area contributed by atoms with Gasteiger partial charge < -0.3 is 15.3 Å². The summed E-state index contributed by atoms with van der Waals surface area (Å²) >= 11 is 0. The molecular formula is C12H12FN3O4. The van der Waals surface area contributed by atoms with Crippen molar-refractivity contribution >= 4 is 5.97 Å². The van der Waals surface area contributed by atoms with Crippen molar-refractivity contribution in [2.24, 2.45) is 0 Å². The minimum Gasteiger partial charge on any atom is -0.476 e. The first-order valence-electron chi connectivity index (χ1n) is 5.75. The summed E-state index contributed by atoms with van der Waals surface area (Å²) in [5.74, 6) is -1.98. The molecule has 0 radical (unpaired) electrons. The Morgan fingerprint density at radius 1 is 1.40 bits per heavy atom. The summed E-state index contributed by atoms with van der Waals surface area (Å²) in [6.45, 7) is -0.723. The number of rotatable bonds is 5. The lowest BCUT2D eigenvalue weighted by molar-refractivity contribution is 0.0690. The van der Waals surface area contributed by atoms with Gasteiger partial charge in [-0.05, 0) is 12.1 Å². The highest BCUT2D eigenvalue weighted by molar-refractivity contribution is 5.92. The van der Waals surface area contributed by atoms with Gasteiger partial charge in [-0.25, -0.2) is 13.9 Å². The van der Waals surface area contributed by atoms with Crippen molar-refractivity contribution < 1.29 is 24.5 Å². The van der Waals surface area contributed by atoms with E-state index in [-0.39, 0.29) is 17.8 Å². The standard InChI is InChI=1S/C12H12FN3O4/c13-9-4-2-1-3-8(9)11-10(12(19)20)14-15-16(11)5-7(18)6-17/h1-4,7,17-18H,5-6H2,(H,19,20). The van der Waals surface area contributed by atoms with E-state index in [2.05, 4.69) is 10.3 Å². The van der Waals surface area contributed by atoms with E-state index >= 15 is 0 Å².